The molecule has 0 aromatic heterocycles. The molecule has 3 N–H and O–H groups in total. The molecule has 39 heavy (non-hydrogen) atoms. The van der Waals surface area contributed by atoms with Crippen LogP contribution in [0.1, 0.15) is 43.4 Å². The second-order valence-electron chi connectivity index (χ2n) is 9.87. The molecule has 10 nitrogen and oxygen atoms in total. The fourth-order valence-corrected chi connectivity index (χ4v) is 4.34. The number of nitriles is 1. The summed E-state index contributed by atoms with van der Waals surface area (Å²) in [6.07, 6.45) is -0.594. The zero-order valence-electron chi connectivity index (χ0n) is 22.8. The lowest BCUT2D eigenvalue weighted by Crippen LogP contribution is -2.40. The van der Waals surface area contributed by atoms with Gasteiger partial charge >= 0.3 is 18.0 Å². The lowest BCUT2D eigenvalue weighted by atomic mass is 9.81. The molecule has 10 heteroatoms. The monoisotopic (exact) mass is 532 g/mol. The third-order valence-corrected chi connectivity index (χ3v) is 5.83. The number of rotatable bonds is 6. The SMILES string of the molecule is COC(=O)C1=C(C(=O)OC)N(c2cc(C)cc(CNC(=O)OC(C)(C)C)c2)C(N)=C(C#N)C1c1ccccc1. The van der Waals surface area contributed by atoms with Crippen LogP contribution in [-0.2, 0) is 30.3 Å². The Labute approximate surface area is 227 Å². The zero-order valence-corrected chi connectivity index (χ0v) is 22.8. The van der Waals surface area contributed by atoms with Gasteiger partial charge in [-0.1, -0.05) is 36.4 Å². The lowest BCUT2D eigenvalue weighted by molar-refractivity contribution is -0.139. The van der Waals surface area contributed by atoms with Crippen LogP contribution in [0.15, 0.2) is 71.2 Å². The van der Waals surface area contributed by atoms with Crippen molar-refractivity contribution < 1.29 is 28.6 Å². The molecule has 1 unspecified atom stereocenters. The molecule has 0 fully saturated rings. The highest BCUT2D eigenvalue weighted by atomic mass is 16.6. The summed E-state index contributed by atoms with van der Waals surface area (Å²) >= 11 is 0. The lowest BCUT2D eigenvalue weighted by Gasteiger charge is -2.36. The van der Waals surface area contributed by atoms with Gasteiger partial charge in [0.25, 0.3) is 0 Å². The van der Waals surface area contributed by atoms with Crippen LogP contribution in [0.5, 0.6) is 0 Å². The van der Waals surface area contributed by atoms with Crippen molar-refractivity contribution in [2.24, 2.45) is 5.73 Å². The van der Waals surface area contributed by atoms with E-state index in [2.05, 4.69) is 11.4 Å². The average Bonchev–Trinajstić information content (AvgIpc) is 2.89. The number of benzene rings is 2. The van der Waals surface area contributed by atoms with Gasteiger partial charge in [0.05, 0.1) is 37.4 Å². The third kappa shape index (κ3) is 6.38. The third-order valence-electron chi connectivity index (χ3n) is 5.83. The number of esters is 2. The zero-order chi connectivity index (χ0) is 28.9. The minimum Gasteiger partial charge on any atom is -0.466 e. The van der Waals surface area contributed by atoms with Crippen molar-refractivity contribution >= 4 is 23.7 Å². The van der Waals surface area contributed by atoms with Crippen LogP contribution in [0.25, 0.3) is 0 Å². The molecule has 3 rings (SSSR count). The van der Waals surface area contributed by atoms with Gasteiger partial charge in [0.1, 0.15) is 17.1 Å². The summed E-state index contributed by atoms with van der Waals surface area (Å²) in [7, 11) is 2.38. The Bertz CT molecular complexity index is 1380. The molecule has 1 atom stereocenters. The number of hydrogen-bond donors (Lipinski definition) is 2. The minimum absolute atomic E-state index is 0.0453. The number of nitrogens with zero attached hydrogens (tertiary/aromatic N) is 2. The minimum atomic E-state index is -0.966. The Kier molecular flexibility index (Phi) is 8.66. The van der Waals surface area contributed by atoms with E-state index in [0.717, 1.165) is 5.56 Å². The van der Waals surface area contributed by atoms with E-state index in [4.69, 9.17) is 19.9 Å². The smallest absolute Gasteiger partial charge is 0.407 e. The number of anilines is 1. The molecule has 1 amide bonds. The summed E-state index contributed by atoms with van der Waals surface area (Å²) in [5.74, 6) is -2.66. The predicted molar refractivity (Wildman–Crippen MR) is 144 cm³/mol. The Hall–Kier alpha value is -4.78. The molecule has 0 radical (unpaired) electrons. The van der Waals surface area contributed by atoms with E-state index in [9.17, 15) is 19.6 Å². The van der Waals surface area contributed by atoms with Crippen LogP contribution in [0, 0.1) is 18.3 Å². The highest BCUT2D eigenvalue weighted by Crippen LogP contribution is 2.43. The second kappa shape index (κ2) is 11.7. The molecule has 0 bridgehead atoms. The average molecular weight is 533 g/mol. The first kappa shape index (κ1) is 28.8. The summed E-state index contributed by atoms with van der Waals surface area (Å²) in [4.78, 5) is 40.0. The molecule has 2 aromatic rings. The summed E-state index contributed by atoms with van der Waals surface area (Å²) in [6, 6.07) is 16.2. The normalized spacial score (nSPS) is 15.4. The van der Waals surface area contributed by atoms with E-state index < -0.39 is 29.6 Å². The molecule has 0 aliphatic carbocycles. The molecule has 0 saturated heterocycles. The number of methoxy groups -OCH3 is 2. The number of nitrogens with two attached hydrogens (primary N) is 1. The van der Waals surface area contributed by atoms with Crippen LogP contribution in [-0.4, -0.2) is 37.9 Å². The number of hydrogen-bond acceptors (Lipinski definition) is 9. The number of carbonyl (C=O) groups is 3. The quantitative estimate of drug-likeness (QED) is 0.418. The molecule has 2 aromatic carbocycles. The van der Waals surface area contributed by atoms with Gasteiger partial charge in [-0.25, -0.2) is 14.4 Å². The van der Waals surface area contributed by atoms with Crippen molar-refractivity contribution in [2.45, 2.75) is 45.8 Å². The highest BCUT2D eigenvalue weighted by Gasteiger charge is 2.43. The molecule has 0 saturated carbocycles. The molecule has 1 heterocycles. The largest absolute Gasteiger partial charge is 0.466 e. The van der Waals surface area contributed by atoms with E-state index in [1.807, 2.05) is 13.0 Å². The Balaban J connectivity index is 2.21. The van der Waals surface area contributed by atoms with Crippen molar-refractivity contribution in [1.82, 2.24) is 5.32 Å². The molecular weight excluding hydrogens is 500 g/mol. The van der Waals surface area contributed by atoms with Crippen molar-refractivity contribution in [2.75, 3.05) is 19.1 Å². The van der Waals surface area contributed by atoms with Gasteiger partial charge in [-0.15, -0.1) is 0 Å². The first-order chi connectivity index (χ1) is 18.4. The Morgan fingerprint density at radius 1 is 1.05 bits per heavy atom. The van der Waals surface area contributed by atoms with Crippen LogP contribution >= 0.6 is 0 Å². The van der Waals surface area contributed by atoms with E-state index >= 15 is 0 Å². The number of aryl methyl sites for hydroxylation is 1. The van der Waals surface area contributed by atoms with Gasteiger partial charge in [-0.2, -0.15) is 5.26 Å². The summed E-state index contributed by atoms with van der Waals surface area (Å²) < 4.78 is 15.4. The second-order valence-corrected chi connectivity index (χ2v) is 9.87. The van der Waals surface area contributed by atoms with Gasteiger partial charge in [-0.05, 0) is 56.5 Å². The standard InChI is InChI=1S/C29H32N4O6/c1-17-12-18(16-32-28(36)39-29(2,3)4)14-20(13-17)33-24(27(35)38-6)23(26(34)37-5)22(21(15-30)25(33)31)19-10-8-7-9-11-19/h7-14,22H,16,31H2,1-6H3,(H,32,36). The maximum atomic E-state index is 13.3. The molecule has 1 aliphatic rings. The maximum Gasteiger partial charge on any atom is 0.407 e. The van der Waals surface area contributed by atoms with E-state index in [0.29, 0.717) is 16.8 Å². The fraction of sp³-hybridized carbons (Fsp3) is 0.310. The number of ether oxygens (including phenoxy) is 3. The summed E-state index contributed by atoms with van der Waals surface area (Å²) in [5.41, 5.74) is 8.10. The van der Waals surface area contributed by atoms with E-state index in [-0.39, 0.29) is 29.2 Å². The Morgan fingerprint density at radius 3 is 2.26 bits per heavy atom. The number of amides is 1. The Morgan fingerprint density at radius 2 is 1.69 bits per heavy atom. The predicted octanol–water partition coefficient (Wildman–Crippen LogP) is 3.92. The first-order valence-electron chi connectivity index (χ1n) is 12.1. The van der Waals surface area contributed by atoms with Gasteiger partial charge in [-0.3, -0.25) is 4.90 Å². The summed E-state index contributed by atoms with van der Waals surface area (Å²) in [6.45, 7) is 7.22. The maximum absolute atomic E-state index is 13.3. The van der Waals surface area contributed by atoms with Crippen molar-refractivity contribution in [3.63, 3.8) is 0 Å². The van der Waals surface area contributed by atoms with Crippen LogP contribution in [0.3, 0.4) is 0 Å². The van der Waals surface area contributed by atoms with Gasteiger partial charge in [0.15, 0.2) is 0 Å². The van der Waals surface area contributed by atoms with Crippen LogP contribution in [0.4, 0.5) is 10.5 Å². The summed E-state index contributed by atoms with van der Waals surface area (Å²) in [5, 5.41) is 12.9. The van der Waals surface area contributed by atoms with Crippen LogP contribution < -0.4 is 16.0 Å². The number of carbonyl (C=O) groups excluding carboxylic acids is 3. The molecule has 1 aliphatic heterocycles. The number of nitrogens with one attached hydrogen (secondary N) is 1. The number of alkyl carbamates (subject to hydrolysis) is 1. The van der Waals surface area contributed by atoms with Gasteiger partial charge in [0, 0.05) is 12.2 Å². The molecule has 204 valence electrons. The van der Waals surface area contributed by atoms with E-state index in [1.54, 1.807) is 63.2 Å². The molecular formula is C29H32N4O6. The first-order valence-corrected chi connectivity index (χ1v) is 12.1. The van der Waals surface area contributed by atoms with Gasteiger partial charge in [0.2, 0.25) is 0 Å². The topological polar surface area (TPSA) is 144 Å². The van der Waals surface area contributed by atoms with Crippen LogP contribution in [0.2, 0.25) is 0 Å². The fourth-order valence-electron chi connectivity index (χ4n) is 4.34. The molecule has 0 spiro atoms. The van der Waals surface area contributed by atoms with Crippen molar-refractivity contribution in [3.05, 3.63) is 87.9 Å². The number of allylic oxidation sites excluding steroid dienone is 1. The highest BCUT2D eigenvalue weighted by molar-refractivity contribution is 6.06. The van der Waals surface area contributed by atoms with E-state index in [1.165, 1.54) is 19.1 Å². The van der Waals surface area contributed by atoms with Crippen molar-refractivity contribution in [3.8, 4) is 6.07 Å². The van der Waals surface area contributed by atoms with Crippen molar-refractivity contribution in [1.29, 1.82) is 5.26 Å². The van der Waals surface area contributed by atoms with Gasteiger partial charge < -0.3 is 25.3 Å².